The van der Waals surface area contributed by atoms with Crippen molar-refractivity contribution in [3.63, 3.8) is 0 Å². The van der Waals surface area contributed by atoms with Crippen LogP contribution in [-0.2, 0) is 11.8 Å². The lowest BCUT2D eigenvalue weighted by Gasteiger charge is -2.35. The fourth-order valence-electron chi connectivity index (χ4n) is 4.04. The van der Waals surface area contributed by atoms with E-state index in [1.807, 2.05) is 19.3 Å². The summed E-state index contributed by atoms with van der Waals surface area (Å²) in [5, 5.41) is 8.39. The predicted molar refractivity (Wildman–Crippen MR) is 117 cm³/mol. The van der Waals surface area contributed by atoms with Crippen LogP contribution in [0.2, 0.25) is 0 Å². The van der Waals surface area contributed by atoms with Crippen LogP contribution in [0.4, 0.5) is 5.82 Å². The highest BCUT2D eigenvalue weighted by atomic mass is 16.2. The van der Waals surface area contributed by atoms with Gasteiger partial charge in [-0.25, -0.2) is 9.97 Å². The number of nitrogens with zero attached hydrogens (tertiary/aromatic N) is 6. The summed E-state index contributed by atoms with van der Waals surface area (Å²) in [7, 11) is 1.89. The van der Waals surface area contributed by atoms with Crippen molar-refractivity contribution in [1.29, 1.82) is 0 Å². The van der Waals surface area contributed by atoms with Crippen LogP contribution >= 0.6 is 0 Å². The Morgan fingerprint density at radius 2 is 1.90 bits per heavy atom. The molecule has 1 fully saturated rings. The van der Waals surface area contributed by atoms with Crippen LogP contribution in [0, 0.1) is 0 Å². The average molecular weight is 408 g/mol. The van der Waals surface area contributed by atoms with Gasteiger partial charge in [0.1, 0.15) is 12.1 Å². The number of carbonyl (C=O) groups is 1. The zero-order valence-electron chi connectivity index (χ0n) is 17.7. The maximum atomic E-state index is 12.5. The molecule has 3 aromatic rings. The number of amides is 1. The summed E-state index contributed by atoms with van der Waals surface area (Å²) in [5.74, 6) is 1.37. The smallest absolute Gasteiger partial charge is 0.234 e. The van der Waals surface area contributed by atoms with Gasteiger partial charge in [-0.15, -0.1) is 0 Å². The van der Waals surface area contributed by atoms with Crippen molar-refractivity contribution < 1.29 is 4.79 Å². The minimum Gasteiger partial charge on any atom is -0.354 e. The summed E-state index contributed by atoms with van der Waals surface area (Å²) >= 11 is 0. The van der Waals surface area contributed by atoms with Crippen molar-refractivity contribution in [1.82, 2.24) is 30.0 Å². The highest BCUT2D eigenvalue weighted by molar-refractivity contribution is 5.86. The SMILES string of the molecule is CCC(CNC(=O)CN1CCN(c2ncnc3c2cnn3C)CC1)c1ccccc1. The first kappa shape index (κ1) is 20.3. The van der Waals surface area contributed by atoms with E-state index in [1.54, 1.807) is 11.0 Å². The Morgan fingerprint density at radius 3 is 2.63 bits per heavy atom. The van der Waals surface area contributed by atoms with Crippen molar-refractivity contribution in [3.8, 4) is 0 Å². The Hall–Kier alpha value is -3.00. The molecule has 1 aliphatic rings. The number of benzene rings is 1. The third-order valence-corrected chi connectivity index (χ3v) is 5.86. The van der Waals surface area contributed by atoms with Gasteiger partial charge in [-0.1, -0.05) is 37.3 Å². The molecule has 158 valence electrons. The Bertz CT molecular complexity index is 980. The molecule has 0 radical (unpaired) electrons. The van der Waals surface area contributed by atoms with Gasteiger partial charge in [0, 0.05) is 45.7 Å². The van der Waals surface area contributed by atoms with Crippen LogP contribution in [-0.4, -0.2) is 69.8 Å². The van der Waals surface area contributed by atoms with E-state index in [4.69, 9.17) is 0 Å². The van der Waals surface area contributed by atoms with Gasteiger partial charge in [0.2, 0.25) is 5.91 Å². The molecule has 3 heterocycles. The number of rotatable bonds is 7. The minimum atomic E-state index is 0.0921. The number of aromatic nitrogens is 4. The molecule has 1 unspecified atom stereocenters. The molecule has 30 heavy (non-hydrogen) atoms. The lowest BCUT2D eigenvalue weighted by atomic mass is 9.96. The molecule has 1 aromatic carbocycles. The summed E-state index contributed by atoms with van der Waals surface area (Å²) < 4.78 is 1.76. The van der Waals surface area contributed by atoms with E-state index < -0.39 is 0 Å². The molecule has 1 atom stereocenters. The van der Waals surface area contributed by atoms with Crippen molar-refractivity contribution in [3.05, 3.63) is 48.4 Å². The Labute approximate surface area is 176 Å². The zero-order chi connectivity index (χ0) is 20.9. The fraction of sp³-hybridized carbons (Fsp3) is 0.455. The van der Waals surface area contributed by atoms with Crippen LogP contribution in [0.1, 0.15) is 24.8 Å². The normalized spacial score (nSPS) is 16.0. The van der Waals surface area contributed by atoms with Gasteiger partial charge in [-0.3, -0.25) is 14.4 Å². The molecule has 8 heteroatoms. The largest absolute Gasteiger partial charge is 0.354 e. The molecule has 1 aliphatic heterocycles. The minimum absolute atomic E-state index is 0.0921. The highest BCUT2D eigenvalue weighted by Crippen LogP contribution is 2.23. The molecular formula is C22H29N7O. The Balaban J connectivity index is 1.28. The number of hydrogen-bond acceptors (Lipinski definition) is 6. The van der Waals surface area contributed by atoms with E-state index in [9.17, 15) is 4.79 Å². The number of anilines is 1. The number of piperazine rings is 1. The predicted octanol–water partition coefficient (Wildman–Crippen LogP) is 1.80. The summed E-state index contributed by atoms with van der Waals surface area (Å²) in [6, 6.07) is 10.4. The third kappa shape index (κ3) is 4.43. The van der Waals surface area contributed by atoms with Crippen LogP contribution in [0.25, 0.3) is 11.0 Å². The summed E-state index contributed by atoms with van der Waals surface area (Å²) in [5.41, 5.74) is 2.12. The second-order valence-electron chi connectivity index (χ2n) is 7.79. The second-order valence-corrected chi connectivity index (χ2v) is 7.79. The van der Waals surface area contributed by atoms with E-state index >= 15 is 0 Å². The number of hydrogen-bond donors (Lipinski definition) is 1. The molecule has 2 aromatic heterocycles. The van der Waals surface area contributed by atoms with Crippen molar-refractivity contribution in [2.75, 3.05) is 44.2 Å². The Morgan fingerprint density at radius 1 is 1.13 bits per heavy atom. The first-order valence-electron chi connectivity index (χ1n) is 10.6. The van der Waals surface area contributed by atoms with Crippen LogP contribution in [0.5, 0.6) is 0 Å². The molecule has 1 N–H and O–H groups in total. The van der Waals surface area contributed by atoms with Crippen LogP contribution in [0.15, 0.2) is 42.9 Å². The van der Waals surface area contributed by atoms with E-state index in [0.717, 1.165) is 49.5 Å². The van der Waals surface area contributed by atoms with Gasteiger partial charge < -0.3 is 10.2 Å². The van der Waals surface area contributed by atoms with Gasteiger partial charge in [0.25, 0.3) is 0 Å². The van der Waals surface area contributed by atoms with E-state index in [1.165, 1.54) is 5.56 Å². The molecular weight excluding hydrogens is 378 g/mol. The molecule has 0 saturated carbocycles. The summed E-state index contributed by atoms with van der Waals surface area (Å²) in [6.07, 6.45) is 4.42. The molecule has 8 nitrogen and oxygen atoms in total. The van der Waals surface area contributed by atoms with E-state index in [-0.39, 0.29) is 5.91 Å². The fourth-order valence-corrected chi connectivity index (χ4v) is 4.04. The lowest BCUT2D eigenvalue weighted by Crippen LogP contribution is -2.50. The molecule has 0 aliphatic carbocycles. The van der Waals surface area contributed by atoms with Crippen LogP contribution in [0.3, 0.4) is 0 Å². The van der Waals surface area contributed by atoms with Gasteiger partial charge >= 0.3 is 0 Å². The number of carbonyl (C=O) groups excluding carboxylic acids is 1. The second kappa shape index (κ2) is 9.21. The van der Waals surface area contributed by atoms with E-state index in [2.05, 4.69) is 61.4 Å². The van der Waals surface area contributed by atoms with Gasteiger partial charge in [-0.2, -0.15) is 5.10 Å². The molecule has 0 bridgehead atoms. The Kier molecular flexibility index (Phi) is 6.23. The number of aryl methyl sites for hydroxylation is 1. The quantitative estimate of drug-likeness (QED) is 0.643. The van der Waals surface area contributed by atoms with Crippen molar-refractivity contribution in [2.24, 2.45) is 7.05 Å². The first-order chi connectivity index (χ1) is 14.7. The van der Waals surface area contributed by atoms with Gasteiger partial charge in [0.05, 0.1) is 18.1 Å². The molecule has 4 rings (SSSR count). The molecule has 1 saturated heterocycles. The van der Waals surface area contributed by atoms with E-state index in [0.29, 0.717) is 19.0 Å². The topological polar surface area (TPSA) is 79.2 Å². The standard InChI is InChI=1S/C22H29N7O/c1-3-17(18-7-5-4-6-8-18)13-23-20(30)15-28-9-11-29(12-10-28)22-19-14-26-27(2)21(19)24-16-25-22/h4-8,14,16-17H,3,9-13,15H2,1-2H3,(H,23,30). The first-order valence-corrected chi connectivity index (χ1v) is 10.6. The van der Waals surface area contributed by atoms with Crippen molar-refractivity contribution in [2.45, 2.75) is 19.3 Å². The molecule has 0 spiro atoms. The highest BCUT2D eigenvalue weighted by Gasteiger charge is 2.22. The van der Waals surface area contributed by atoms with Crippen molar-refractivity contribution >= 4 is 22.8 Å². The van der Waals surface area contributed by atoms with Gasteiger partial charge in [0.15, 0.2) is 5.65 Å². The number of fused-ring (bicyclic) bond motifs is 1. The average Bonchev–Trinajstić information content (AvgIpc) is 3.16. The van der Waals surface area contributed by atoms with Crippen LogP contribution < -0.4 is 10.2 Å². The zero-order valence-corrected chi connectivity index (χ0v) is 17.7. The van der Waals surface area contributed by atoms with Gasteiger partial charge in [-0.05, 0) is 12.0 Å². The maximum Gasteiger partial charge on any atom is 0.234 e. The summed E-state index contributed by atoms with van der Waals surface area (Å²) in [6.45, 7) is 6.59. The number of nitrogens with one attached hydrogen (secondary N) is 1. The summed E-state index contributed by atoms with van der Waals surface area (Å²) in [4.78, 5) is 25.7. The maximum absolute atomic E-state index is 12.5. The lowest BCUT2D eigenvalue weighted by molar-refractivity contribution is -0.122. The molecule has 1 amide bonds. The monoisotopic (exact) mass is 407 g/mol. The third-order valence-electron chi connectivity index (χ3n) is 5.86.